The summed E-state index contributed by atoms with van der Waals surface area (Å²) in [4.78, 5) is 0. The summed E-state index contributed by atoms with van der Waals surface area (Å²) in [5.74, 6) is 0.479. The predicted octanol–water partition coefficient (Wildman–Crippen LogP) is 7.24. The van der Waals surface area contributed by atoms with Crippen LogP contribution in [-0.2, 0) is 0 Å². The van der Waals surface area contributed by atoms with Crippen LogP contribution >= 0.6 is 11.6 Å². The van der Waals surface area contributed by atoms with E-state index in [1.807, 2.05) is 24.3 Å². The molecule has 2 nitrogen and oxygen atoms in total. The second-order valence-corrected chi connectivity index (χ2v) is 8.75. The van der Waals surface area contributed by atoms with Gasteiger partial charge in [0.05, 0.1) is 5.54 Å². The fourth-order valence-electron chi connectivity index (χ4n) is 4.56. The summed E-state index contributed by atoms with van der Waals surface area (Å²) in [7, 11) is 0. The van der Waals surface area contributed by atoms with Gasteiger partial charge in [0.15, 0.2) is 6.10 Å². The normalized spacial score (nSPS) is 18.5. The molecule has 0 aromatic heterocycles. The summed E-state index contributed by atoms with van der Waals surface area (Å²) in [6.07, 6.45) is 1.82. The molecule has 2 aliphatic heterocycles. The van der Waals surface area contributed by atoms with Gasteiger partial charge < -0.3 is 10.1 Å². The highest BCUT2D eigenvalue weighted by Gasteiger charge is 2.34. The van der Waals surface area contributed by atoms with Gasteiger partial charge in [-0.3, -0.25) is 0 Å². The second-order valence-electron chi connectivity index (χ2n) is 8.32. The minimum atomic E-state index is -0.407. The zero-order valence-electron chi connectivity index (χ0n) is 16.5. The number of allylic oxidation sites excluding steroid dienone is 1. The summed E-state index contributed by atoms with van der Waals surface area (Å²) >= 11 is 6.30. The third-order valence-corrected chi connectivity index (χ3v) is 5.80. The first kappa shape index (κ1) is 18.3. The molecule has 5 rings (SSSR count). The van der Waals surface area contributed by atoms with Gasteiger partial charge in [0.25, 0.3) is 0 Å². The third kappa shape index (κ3) is 3.01. The fraction of sp³-hybridized carbons (Fsp3) is 0.200. The van der Waals surface area contributed by atoms with Crippen molar-refractivity contribution in [3.8, 4) is 16.9 Å². The number of hydrogen-bond donors (Lipinski definition) is 1. The van der Waals surface area contributed by atoms with Crippen LogP contribution in [0.3, 0.4) is 0 Å². The Hall–Kier alpha value is -2.78. The average Bonchev–Trinajstić information content (AvgIpc) is 2.65. The molecule has 1 N–H and O–H groups in total. The number of fused-ring (bicyclic) bond motifs is 5. The molecule has 4 heteroatoms. The molecule has 0 amide bonds. The molecule has 0 radical (unpaired) electrons. The zero-order valence-corrected chi connectivity index (χ0v) is 17.3. The maximum Gasteiger partial charge on any atom is 0.150 e. The molecule has 146 valence electrons. The Bertz CT molecular complexity index is 1180. The predicted molar refractivity (Wildman–Crippen MR) is 117 cm³/mol. The molecule has 0 aliphatic carbocycles. The van der Waals surface area contributed by atoms with E-state index < -0.39 is 6.10 Å². The average molecular weight is 406 g/mol. The molecule has 0 bridgehead atoms. The first-order valence-electron chi connectivity index (χ1n) is 9.69. The van der Waals surface area contributed by atoms with Crippen molar-refractivity contribution in [3.05, 3.63) is 88.2 Å². The Morgan fingerprint density at radius 2 is 1.86 bits per heavy atom. The van der Waals surface area contributed by atoms with Crippen LogP contribution < -0.4 is 10.1 Å². The summed E-state index contributed by atoms with van der Waals surface area (Å²) in [6, 6.07) is 16.5. The van der Waals surface area contributed by atoms with Crippen LogP contribution in [0.5, 0.6) is 5.75 Å². The van der Waals surface area contributed by atoms with Crippen molar-refractivity contribution < 1.29 is 9.13 Å². The Balaban J connectivity index is 1.82. The minimum absolute atomic E-state index is 0.142. The van der Waals surface area contributed by atoms with Gasteiger partial charge in [-0.15, -0.1) is 0 Å². The number of halogens is 2. The van der Waals surface area contributed by atoms with Crippen LogP contribution in [0.15, 0.2) is 60.7 Å². The standard InChI is InChI=1S/C25H21ClFNO/c1-14-13-25(2,3)28-20-9-8-18-19-12-16(26)7-10-21(19)29-24(23(18)22(14)20)15-5-4-6-17(27)11-15/h4-13,24,28H,1-3H3/t24-/m1/s1. The van der Waals surface area contributed by atoms with Crippen LogP contribution in [0.4, 0.5) is 10.1 Å². The monoisotopic (exact) mass is 405 g/mol. The summed E-state index contributed by atoms with van der Waals surface area (Å²) < 4.78 is 20.5. The van der Waals surface area contributed by atoms with Crippen molar-refractivity contribution in [2.24, 2.45) is 0 Å². The van der Waals surface area contributed by atoms with Gasteiger partial charge in [-0.2, -0.15) is 0 Å². The Labute approximate surface area is 175 Å². The highest BCUT2D eigenvalue weighted by Crippen LogP contribution is 2.51. The fourth-order valence-corrected chi connectivity index (χ4v) is 4.73. The van der Waals surface area contributed by atoms with E-state index in [-0.39, 0.29) is 11.4 Å². The van der Waals surface area contributed by atoms with Crippen molar-refractivity contribution in [1.82, 2.24) is 0 Å². The molecule has 2 aliphatic rings. The zero-order chi connectivity index (χ0) is 20.3. The van der Waals surface area contributed by atoms with Crippen molar-refractivity contribution in [3.63, 3.8) is 0 Å². The van der Waals surface area contributed by atoms with Gasteiger partial charge in [-0.25, -0.2) is 4.39 Å². The molecular formula is C25H21ClFNO. The minimum Gasteiger partial charge on any atom is -0.480 e. The molecule has 1 atom stereocenters. The molecule has 29 heavy (non-hydrogen) atoms. The quantitative estimate of drug-likeness (QED) is 0.460. The van der Waals surface area contributed by atoms with Gasteiger partial charge in [0.2, 0.25) is 0 Å². The highest BCUT2D eigenvalue weighted by molar-refractivity contribution is 6.31. The van der Waals surface area contributed by atoms with Crippen LogP contribution in [-0.4, -0.2) is 5.54 Å². The smallest absolute Gasteiger partial charge is 0.150 e. The summed E-state index contributed by atoms with van der Waals surface area (Å²) in [5.41, 5.74) is 7.06. The second kappa shape index (κ2) is 6.36. The maximum absolute atomic E-state index is 14.1. The van der Waals surface area contributed by atoms with Crippen molar-refractivity contribution in [1.29, 1.82) is 0 Å². The first-order valence-corrected chi connectivity index (χ1v) is 10.1. The number of anilines is 1. The van der Waals surface area contributed by atoms with E-state index in [0.717, 1.165) is 39.3 Å². The lowest BCUT2D eigenvalue weighted by Crippen LogP contribution is -2.32. The maximum atomic E-state index is 14.1. The van der Waals surface area contributed by atoms with E-state index in [0.29, 0.717) is 5.02 Å². The molecule has 3 aromatic carbocycles. The van der Waals surface area contributed by atoms with Crippen LogP contribution in [0.1, 0.15) is 43.6 Å². The Kier molecular flexibility index (Phi) is 4.01. The topological polar surface area (TPSA) is 21.3 Å². The van der Waals surface area contributed by atoms with Crippen LogP contribution in [0.25, 0.3) is 16.7 Å². The van der Waals surface area contributed by atoms with E-state index in [1.165, 1.54) is 11.6 Å². The van der Waals surface area contributed by atoms with Gasteiger partial charge in [-0.05, 0) is 73.9 Å². The summed E-state index contributed by atoms with van der Waals surface area (Å²) in [5, 5.41) is 4.26. The van der Waals surface area contributed by atoms with Crippen LogP contribution in [0, 0.1) is 5.82 Å². The molecule has 2 heterocycles. The van der Waals surface area contributed by atoms with Gasteiger partial charge in [0.1, 0.15) is 11.6 Å². The van der Waals surface area contributed by atoms with E-state index in [2.05, 4.69) is 44.3 Å². The first-order chi connectivity index (χ1) is 13.8. The summed E-state index contributed by atoms with van der Waals surface area (Å²) in [6.45, 7) is 6.42. The molecule has 0 saturated heterocycles. The lowest BCUT2D eigenvalue weighted by molar-refractivity contribution is 0.243. The van der Waals surface area contributed by atoms with E-state index >= 15 is 0 Å². The van der Waals surface area contributed by atoms with E-state index in [4.69, 9.17) is 16.3 Å². The van der Waals surface area contributed by atoms with E-state index in [9.17, 15) is 4.39 Å². The lowest BCUT2D eigenvalue weighted by atomic mass is 9.80. The Morgan fingerprint density at radius 3 is 2.66 bits per heavy atom. The van der Waals surface area contributed by atoms with Crippen LogP contribution in [0.2, 0.25) is 5.02 Å². The van der Waals surface area contributed by atoms with Gasteiger partial charge >= 0.3 is 0 Å². The van der Waals surface area contributed by atoms with Gasteiger partial charge in [-0.1, -0.05) is 35.9 Å². The Morgan fingerprint density at radius 1 is 1.03 bits per heavy atom. The molecule has 0 fully saturated rings. The third-order valence-electron chi connectivity index (χ3n) is 5.56. The molecule has 0 unspecified atom stereocenters. The number of rotatable bonds is 1. The SMILES string of the molecule is CC1=CC(C)(C)Nc2ccc3c(c21)[C@@H](c1cccc(F)c1)Oc1ccc(Cl)cc1-3. The molecule has 0 saturated carbocycles. The molecule has 3 aromatic rings. The largest absolute Gasteiger partial charge is 0.480 e. The van der Waals surface area contributed by atoms with Gasteiger partial charge in [0, 0.05) is 27.4 Å². The molecular weight excluding hydrogens is 385 g/mol. The molecule has 0 spiro atoms. The van der Waals surface area contributed by atoms with E-state index in [1.54, 1.807) is 12.1 Å². The highest BCUT2D eigenvalue weighted by atomic mass is 35.5. The number of hydrogen-bond acceptors (Lipinski definition) is 2. The van der Waals surface area contributed by atoms with Crippen molar-refractivity contribution >= 4 is 22.9 Å². The number of benzene rings is 3. The lowest BCUT2D eigenvalue weighted by Gasteiger charge is -2.37. The number of ether oxygens (including phenoxy) is 1. The number of nitrogens with one attached hydrogen (secondary N) is 1. The van der Waals surface area contributed by atoms with Crippen molar-refractivity contribution in [2.75, 3.05) is 5.32 Å². The van der Waals surface area contributed by atoms with Crippen molar-refractivity contribution in [2.45, 2.75) is 32.4 Å².